The number of halogens is 1. The number of benzene rings is 1. The van der Waals surface area contributed by atoms with Crippen LogP contribution in [0.25, 0.3) is 10.2 Å². The molecule has 2 atom stereocenters. The Bertz CT molecular complexity index is 867. The van der Waals surface area contributed by atoms with Crippen molar-refractivity contribution in [2.24, 2.45) is 11.8 Å². The number of thiazole rings is 1. The van der Waals surface area contributed by atoms with Crippen molar-refractivity contribution in [2.45, 2.75) is 0 Å². The Kier molecular flexibility index (Phi) is 3.38. The van der Waals surface area contributed by atoms with E-state index in [9.17, 15) is 0 Å². The summed E-state index contributed by atoms with van der Waals surface area (Å²) in [5.74, 6) is 2.50. The molecule has 2 aromatic heterocycles. The number of fused-ring (bicyclic) bond motifs is 2. The first kappa shape index (κ1) is 14.5. The molecule has 2 fully saturated rings. The number of hydrogen-bond acceptors (Lipinski definition) is 5. The number of anilines is 2. The zero-order chi connectivity index (χ0) is 16.1. The van der Waals surface area contributed by atoms with Crippen LogP contribution in [0, 0.1) is 11.8 Å². The predicted molar refractivity (Wildman–Crippen MR) is 100 cm³/mol. The van der Waals surface area contributed by atoms with Gasteiger partial charge in [0.15, 0.2) is 5.13 Å². The van der Waals surface area contributed by atoms with Crippen molar-refractivity contribution in [2.75, 3.05) is 36.0 Å². The summed E-state index contributed by atoms with van der Waals surface area (Å²) >= 11 is 7.84. The average molecular weight is 357 g/mol. The van der Waals surface area contributed by atoms with Crippen LogP contribution in [-0.2, 0) is 0 Å². The lowest BCUT2D eigenvalue weighted by Gasteiger charge is -2.21. The van der Waals surface area contributed by atoms with E-state index in [2.05, 4.69) is 26.9 Å². The molecule has 0 spiro atoms. The predicted octanol–water partition coefficient (Wildman–Crippen LogP) is 3.92. The van der Waals surface area contributed by atoms with Crippen LogP contribution in [0.1, 0.15) is 0 Å². The minimum Gasteiger partial charge on any atom is -0.356 e. The number of aromatic nitrogens is 2. The molecule has 1 aromatic carbocycles. The van der Waals surface area contributed by atoms with Gasteiger partial charge in [0.05, 0.1) is 10.2 Å². The zero-order valence-corrected chi connectivity index (χ0v) is 14.7. The molecule has 4 heterocycles. The second-order valence-electron chi connectivity index (χ2n) is 6.63. The third-order valence-electron chi connectivity index (χ3n) is 5.07. The quantitative estimate of drug-likeness (QED) is 0.696. The molecule has 0 saturated carbocycles. The molecule has 5 rings (SSSR count). The van der Waals surface area contributed by atoms with E-state index in [-0.39, 0.29) is 0 Å². The summed E-state index contributed by atoms with van der Waals surface area (Å²) < 4.78 is 1.17. The summed E-state index contributed by atoms with van der Waals surface area (Å²) in [4.78, 5) is 14.2. The molecule has 0 radical (unpaired) electrons. The molecule has 6 heteroatoms. The molecule has 24 heavy (non-hydrogen) atoms. The average Bonchev–Trinajstić information content (AvgIpc) is 3.27. The lowest BCUT2D eigenvalue weighted by atomic mass is 10.0. The normalized spacial score (nSPS) is 23.2. The largest absolute Gasteiger partial charge is 0.356 e. The van der Waals surface area contributed by atoms with E-state index in [4.69, 9.17) is 16.6 Å². The molecule has 0 bridgehead atoms. The SMILES string of the molecule is Clc1ccc2nc(N3CC4CN(c5ccccn5)CC4C3)sc2c1. The Morgan fingerprint density at radius 2 is 1.79 bits per heavy atom. The molecule has 122 valence electrons. The first-order valence-corrected chi connectivity index (χ1v) is 9.43. The number of rotatable bonds is 2. The Labute approximate surface area is 149 Å². The maximum atomic E-state index is 6.09. The van der Waals surface area contributed by atoms with Crippen LogP contribution in [0.4, 0.5) is 10.9 Å². The summed E-state index contributed by atoms with van der Waals surface area (Å²) in [5.41, 5.74) is 1.05. The molecule has 0 amide bonds. The van der Waals surface area contributed by atoms with Gasteiger partial charge in [0.2, 0.25) is 0 Å². The number of pyridine rings is 1. The molecule has 2 aliphatic heterocycles. The highest BCUT2D eigenvalue weighted by molar-refractivity contribution is 7.22. The van der Waals surface area contributed by atoms with Gasteiger partial charge in [-0.15, -0.1) is 0 Å². The van der Waals surface area contributed by atoms with Gasteiger partial charge in [0.1, 0.15) is 5.82 Å². The lowest BCUT2D eigenvalue weighted by molar-refractivity contribution is 0.533. The maximum absolute atomic E-state index is 6.09. The van der Waals surface area contributed by atoms with Gasteiger partial charge >= 0.3 is 0 Å². The summed E-state index contributed by atoms with van der Waals surface area (Å²) in [6.45, 7) is 4.35. The van der Waals surface area contributed by atoms with E-state index in [1.54, 1.807) is 11.3 Å². The Balaban J connectivity index is 1.33. The van der Waals surface area contributed by atoms with Gasteiger partial charge in [-0.25, -0.2) is 9.97 Å². The molecular weight excluding hydrogens is 340 g/mol. The van der Waals surface area contributed by atoms with Crippen LogP contribution in [0.2, 0.25) is 5.02 Å². The molecular formula is C18H17ClN4S. The fourth-order valence-electron chi connectivity index (χ4n) is 3.90. The van der Waals surface area contributed by atoms with Gasteiger partial charge < -0.3 is 9.80 Å². The molecule has 3 aromatic rings. The van der Waals surface area contributed by atoms with Crippen LogP contribution >= 0.6 is 22.9 Å². The van der Waals surface area contributed by atoms with Gasteiger partial charge in [0.25, 0.3) is 0 Å². The molecule has 0 N–H and O–H groups in total. The van der Waals surface area contributed by atoms with Crippen molar-refractivity contribution < 1.29 is 0 Å². The van der Waals surface area contributed by atoms with Crippen molar-refractivity contribution >= 4 is 44.1 Å². The molecule has 2 saturated heterocycles. The van der Waals surface area contributed by atoms with E-state index < -0.39 is 0 Å². The highest BCUT2D eigenvalue weighted by Crippen LogP contribution is 2.38. The Hall–Kier alpha value is -1.85. The van der Waals surface area contributed by atoms with Crippen molar-refractivity contribution in [3.8, 4) is 0 Å². The van der Waals surface area contributed by atoms with Gasteiger partial charge in [0, 0.05) is 49.2 Å². The van der Waals surface area contributed by atoms with E-state index in [1.807, 2.05) is 30.5 Å². The maximum Gasteiger partial charge on any atom is 0.186 e. The molecule has 2 aliphatic rings. The van der Waals surface area contributed by atoms with Crippen LogP contribution < -0.4 is 9.80 Å². The number of hydrogen-bond donors (Lipinski definition) is 0. The van der Waals surface area contributed by atoms with Crippen molar-refractivity contribution in [1.82, 2.24) is 9.97 Å². The molecule has 4 nitrogen and oxygen atoms in total. The van der Waals surface area contributed by atoms with Crippen molar-refractivity contribution in [3.05, 3.63) is 47.6 Å². The van der Waals surface area contributed by atoms with Crippen molar-refractivity contribution in [1.29, 1.82) is 0 Å². The minimum absolute atomic E-state index is 0.697. The van der Waals surface area contributed by atoms with E-state index in [1.165, 1.54) is 4.70 Å². The number of nitrogens with zero attached hydrogens (tertiary/aromatic N) is 4. The van der Waals surface area contributed by atoms with E-state index >= 15 is 0 Å². The van der Waals surface area contributed by atoms with Crippen LogP contribution in [-0.4, -0.2) is 36.1 Å². The monoisotopic (exact) mass is 356 g/mol. The Morgan fingerprint density at radius 3 is 2.54 bits per heavy atom. The fourth-order valence-corrected chi connectivity index (χ4v) is 5.16. The van der Waals surface area contributed by atoms with Crippen LogP contribution in [0.15, 0.2) is 42.6 Å². The lowest BCUT2D eigenvalue weighted by Crippen LogP contribution is -2.29. The fraction of sp³-hybridized carbons (Fsp3) is 0.333. The Morgan fingerprint density at radius 1 is 1.00 bits per heavy atom. The first-order valence-electron chi connectivity index (χ1n) is 8.23. The second-order valence-corrected chi connectivity index (χ2v) is 8.07. The topological polar surface area (TPSA) is 32.3 Å². The van der Waals surface area contributed by atoms with Crippen LogP contribution in [0.5, 0.6) is 0 Å². The van der Waals surface area contributed by atoms with Gasteiger partial charge in [-0.1, -0.05) is 29.0 Å². The van der Waals surface area contributed by atoms with Gasteiger partial charge in [-0.3, -0.25) is 0 Å². The van der Waals surface area contributed by atoms with Crippen LogP contribution in [0.3, 0.4) is 0 Å². The smallest absolute Gasteiger partial charge is 0.186 e. The second kappa shape index (κ2) is 5.60. The zero-order valence-electron chi connectivity index (χ0n) is 13.1. The van der Waals surface area contributed by atoms with Gasteiger partial charge in [-0.2, -0.15) is 0 Å². The van der Waals surface area contributed by atoms with E-state index in [0.29, 0.717) is 11.8 Å². The highest BCUT2D eigenvalue weighted by atomic mass is 35.5. The molecule has 0 aliphatic carbocycles. The highest BCUT2D eigenvalue weighted by Gasteiger charge is 2.41. The summed E-state index contributed by atoms with van der Waals surface area (Å²) in [6.07, 6.45) is 1.88. The summed E-state index contributed by atoms with van der Waals surface area (Å²) in [7, 11) is 0. The summed E-state index contributed by atoms with van der Waals surface area (Å²) in [6, 6.07) is 12.1. The third-order valence-corrected chi connectivity index (χ3v) is 6.38. The standard InChI is InChI=1S/C18H17ClN4S/c19-14-4-5-15-16(7-14)24-18(21-15)23-10-12-8-22(9-13(12)11-23)17-3-1-2-6-20-17/h1-7,12-13H,8-11H2. The summed E-state index contributed by atoms with van der Waals surface area (Å²) in [5, 5.41) is 1.91. The molecule has 2 unspecified atom stereocenters. The minimum atomic E-state index is 0.697. The third kappa shape index (κ3) is 2.43. The first-order chi connectivity index (χ1) is 11.8. The van der Waals surface area contributed by atoms with E-state index in [0.717, 1.165) is 47.7 Å². The van der Waals surface area contributed by atoms with Crippen molar-refractivity contribution in [3.63, 3.8) is 0 Å². The van der Waals surface area contributed by atoms with Gasteiger partial charge in [-0.05, 0) is 30.3 Å².